The molecule has 1 aromatic carbocycles. The highest BCUT2D eigenvalue weighted by atomic mass is 19.1. The Labute approximate surface area is 125 Å². The highest BCUT2D eigenvalue weighted by Gasteiger charge is 2.26. The molecule has 1 aliphatic carbocycles. The smallest absolute Gasteiger partial charge is 0.276 e. The number of hydrogen-bond acceptors (Lipinski definition) is 3. The van der Waals surface area contributed by atoms with E-state index in [2.05, 4.69) is 15.4 Å². The number of halogens is 1. The van der Waals surface area contributed by atoms with Crippen molar-refractivity contribution in [2.45, 2.75) is 18.8 Å². The standard InChI is InChI=1S/C16H13FN4O/c17-11-3-1-2-4-12(11)19-16(22)13-7-8-15-18-14(10-5-6-10)9-21(15)20-13/h1-4,7-10H,5-6H2,(H,19,22). The fourth-order valence-electron chi connectivity index (χ4n) is 2.35. The molecule has 1 saturated carbocycles. The summed E-state index contributed by atoms with van der Waals surface area (Å²) in [6.45, 7) is 0. The summed E-state index contributed by atoms with van der Waals surface area (Å²) in [4.78, 5) is 16.7. The maximum atomic E-state index is 13.6. The number of nitrogens with zero attached hydrogens (tertiary/aromatic N) is 3. The van der Waals surface area contributed by atoms with Crippen molar-refractivity contribution in [2.75, 3.05) is 5.32 Å². The van der Waals surface area contributed by atoms with Crippen molar-refractivity contribution in [3.8, 4) is 0 Å². The van der Waals surface area contributed by atoms with Gasteiger partial charge in [-0.25, -0.2) is 13.9 Å². The second-order valence-electron chi connectivity index (χ2n) is 5.40. The van der Waals surface area contributed by atoms with E-state index < -0.39 is 11.7 Å². The molecule has 1 N–H and O–H groups in total. The van der Waals surface area contributed by atoms with E-state index in [1.807, 2.05) is 6.20 Å². The van der Waals surface area contributed by atoms with Gasteiger partial charge in [0.1, 0.15) is 11.5 Å². The highest BCUT2D eigenvalue weighted by molar-refractivity contribution is 6.02. The number of carbonyl (C=O) groups is 1. The highest BCUT2D eigenvalue weighted by Crippen LogP contribution is 2.39. The van der Waals surface area contributed by atoms with Crippen molar-refractivity contribution >= 4 is 17.2 Å². The third-order valence-electron chi connectivity index (χ3n) is 3.69. The van der Waals surface area contributed by atoms with Gasteiger partial charge in [0.05, 0.1) is 17.6 Å². The number of nitrogens with one attached hydrogen (secondary N) is 1. The van der Waals surface area contributed by atoms with Crippen molar-refractivity contribution in [3.05, 3.63) is 59.8 Å². The fraction of sp³-hybridized carbons (Fsp3) is 0.188. The molecule has 0 radical (unpaired) electrons. The molecule has 22 heavy (non-hydrogen) atoms. The van der Waals surface area contributed by atoms with Crippen molar-refractivity contribution in [1.29, 1.82) is 0 Å². The van der Waals surface area contributed by atoms with Crippen LogP contribution in [0.4, 0.5) is 10.1 Å². The summed E-state index contributed by atoms with van der Waals surface area (Å²) < 4.78 is 15.2. The normalized spacial score (nSPS) is 14.2. The van der Waals surface area contributed by atoms with Crippen LogP contribution in [0.15, 0.2) is 42.6 Å². The van der Waals surface area contributed by atoms with Crippen molar-refractivity contribution in [3.63, 3.8) is 0 Å². The third kappa shape index (κ3) is 2.32. The third-order valence-corrected chi connectivity index (χ3v) is 3.69. The number of aromatic nitrogens is 3. The molecule has 1 amide bonds. The Morgan fingerprint density at radius 3 is 2.82 bits per heavy atom. The van der Waals surface area contributed by atoms with E-state index in [4.69, 9.17) is 0 Å². The fourth-order valence-corrected chi connectivity index (χ4v) is 2.35. The van der Waals surface area contributed by atoms with Crippen LogP contribution in [0.5, 0.6) is 0 Å². The number of imidazole rings is 1. The number of hydrogen-bond donors (Lipinski definition) is 1. The van der Waals surface area contributed by atoms with Gasteiger partial charge in [0.2, 0.25) is 0 Å². The number of benzene rings is 1. The lowest BCUT2D eigenvalue weighted by Crippen LogP contribution is -2.15. The first-order valence-corrected chi connectivity index (χ1v) is 7.13. The summed E-state index contributed by atoms with van der Waals surface area (Å²) in [6, 6.07) is 9.37. The molecule has 110 valence electrons. The molecule has 2 heterocycles. The minimum atomic E-state index is -0.476. The Kier molecular flexibility index (Phi) is 2.89. The number of carbonyl (C=O) groups excluding carboxylic acids is 1. The van der Waals surface area contributed by atoms with E-state index in [1.54, 1.807) is 28.8 Å². The summed E-state index contributed by atoms with van der Waals surface area (Å²) in [7, 11) is 0. The topological polar surface area (TPSA) is 59.3 Å². The Morgan fingerprint density at radius 1 is 1.23 bits per heavy atom. The molecule has 1 fully saturated rings. The van der Waals surface area contributed by atoms with Crippen LogP contribution < -0.4 is 5.32 Å². The molecule has 6 heteroatoms. The zero-order valence-electron chi connectivity index (χ0n) is 11.7. The predicted octanol–water partition coefficient (Wildman–Crippen LogP) is 3.00. The van der Waals surface area contributed by atoms with Gasteiger partial charge in [0, 0.05) is 5.92 Å². The van der Waals surface area contributed by atoms with Crippen LogP contribution in [-0.2, 0) is 0 Å². The van der Waals surface area contributed by atoms with Crippen molar-refractivity contribution in [2.24, 2.45) is 0 Å². The van der Waals surface area contributed by atoms with Gasteiger partial charge < -0.3 is 5.32 Å². The minimum Gasteiger partial charge on any atom is -0.318 e. The van der Waals surface area contributed by atoms with Crippen LogP contribution in [0.2, 0.25) is 0 Å². The summed E-state index contributed by atoms with van der Waals surface area (Å²) in [5.41, 5.74) is 2.08. The van der Waals surface area contributed by atoms with Gasteiger partial charge in [0.25, 0.3) is 5.91 Å². The van der Waals surface area contributed by atoms with Crippen LogP contribution in [0.25, 0.3) is 5.65 Å². The number of amides is 1. The second-order valence-corrected chi connectivity index (χ2v) is 5.40. The molecule has 1 aliphatic rings. The predicted molar refractivity (Wildman–Crippen MR) is 79.3 cm³/mol. The summed E-state index contributed by atoms with van der Waals surface area (Å²) in [6.07, 6.45) is 4.17. The largest absolute Gasteiger partial charge is 0.318 e. The average molecular weight is 296 g/mol. The first-order valence-electron chi connectivity index (χ1n) is 7.13. The molecule has 4 rings (SSSR count). The monoisotopic (exact) mass is 296 g/mol. The van der Waals surface area contributed by atoms with Crippen LogP contribution in [-0.4, -0.2) is 20.5 Å². The molecule has 0 spiro atoms. The lowest BCUT2D eigenvalue weighted by molar-refractivity contribution is 0.102. The molecule has 0 atom stereocenters. The zero-order valence-corrected chi connectivity index (χ0v) is 11.7. The van der Waals surface area contributed by atoms with E-state index >= 15 is 0 Å². The van der Waals surface area contributed by atoms with Gasteiger partial charge >= 0.3 is 0 Å². The number of anilines is 1. The Morgan fingerprint density at radius 2 is 2.05 bits per heavy atom. The van der Waals surface area contributed by atoms with E-state index in [0.29, 0.717) is 11.6 Å². The molecular weight excluding hydrogens is 283 g/mol. The molecular formula is C16H13FN4O. The minimum absolute atomic E-state index is 0.138. The number of fused-ring (bicyclic) bond motifs is 1. The average Bonchev–Trinajstić information content (AvgIpc) is 3.28. The van der Waals surface area contributed by atoms with E-state index in [-0.39, 0.29) is 11.4 Å². The first kappa shape index (κ1) is 12.9. The summed E-state index contributed by atoms with van der Waals surface area (Å²) >= 11 is 0. The number of rotatable bonds is 3. The lowest BCUT2D eigenvalue weighted by atomic mass is 10.3. The molecule has 5 nitrogen and oxygen atoms in total. The molecule has 3 aromatic rings. The Bertz CT molecular complexity index is 869. The quantitative estimate of drug-likeness (QED) is 0.808. The van der Waals surface area contributed by atoms with Gasteiger partial charge in [-0.15, -0.1) is 0 Å². The second kappa shape index (κ2) is 4.91. The SMILES string of the molecule is O=C(Nc1ccccc1F)c1ccc2nc(C3CC3)cn2n1. The Hall–Kier alpha value is -2.76. The van der Waals surface area contributed by atoms with E-state index in [9.17, 15) is 9.18 Å². The maximum Gasteiger partial charge on any atom is 0.276 e. The van der Waals surface area contributed by atoms with Crippen molar-refractivity contribution in [1.82, 2.24) is 14.6 Å². The first-order chi connectivity index (χ1) is 10.7. The van der Waals surface area contributed by atoms with Gasteiger partial charge in [-0.3, -0.25) is 4.79 Å². The summed E-state index contributed by atoms with van der Waals surface area (Å²) in [5.74, 6) is -0.401. The van der Waals surface area contributed by atoms with Gasteiger partial charge in [-0.1, -0.05) is 12.1 Å². The molecule has 0 unspecified atom stereocenters. The van der Waals surface area contributed by atoms with E-state index in [0.717, 1.165) is 18.5 Å². The van der Waals surface area contributed by atoms with Gasteiger partial charge in [-0.2, -0.15) is 5.10 Å². The van der Waals surface area contributed by atoms with Crippen molar-refractivity contribution < 1.29 is 9.18 Å². The van der Waals surface area contributed by atoms with Gasteiger partial charge in [0.15, 0.2) is 5.65 Å². The van der Waals surface area contributed by atoms with Crippen LogP contribution >= 0.6 is 0 Å². The summed E-state index contributed by atoms with van der Waals surface area (Å²) in [5, 5.41) is 6.77. The lowest BCUT2D eigenvalue weighted by Gasteiger charge is -2.05. The van der Waals surface area contributed by atoms with E-state index in [1.165, 1.54) is 12.1 Å². The van der Waals surface area contributed by atoms with Crippen LogP contribution in [0.3, 0.4) is 0 Å². The molecule has 0 aliphatic heterocycles. The number of para-hydroxylation sites is 1. The molecule has 0 bridgehead atoms. The molecule has 2 aromatic heterocycles. The zero-order chi connectivity index (χ0) is 15.1. The van der Waals surface area contributed by atoms with Gasteiger partial charge in [-0.05, 0) is 37.1 Å². The van der Waals surface area contributed by atoms with Crippen LogP contribution in [0.1, 0.15) is 34.9 Å². The maximum absolute atomic E-state index is 13.6. The van der Waals surface area contributed by atoms with Crippen LogP contribution in [0, 0.1) is 5.82 Å². The Balaban J connectivity index is 1.62. The molecule has 0 saturated heterocycles.